The summed E-state index contributed by atoms with van der Waals surface area (Å²) in [5.41, 5.74) is 1.92. The summed E-state index contributed by atoms with van der Waals surface area (Å²) in [5, 5.41) is 12.4. The molecule has 0 bridgehead atoms. The van der Waals surface area contributed by atoms with Crippen LogP contribution in [0.5, 0.6) is 0 Å². The van der Waals surface area contributed by atoms with E-state index in [4.69, 9.17) is 5.26 Å². The van der Waals surface area contributed by atoms with E-state index in [9.17, 15) is 0 Å². The molecule has 0 radical (unpaired) electrons. The van der Waals surface area contributed by atoms with E-state index in [2.05, 4.69) is 36.3 Å². The third kappa shape index (κ3) is 3.56. The fourth-order valence-corrected chi connectivity index (χ4v) is 2.15. The van der Waals surface area contributed by atoms with Gasteiger partial charge in [-0.25, -0.2) is 0 Å². The van der Waals surface area contributed by atoms with Gasteiger partial charge < -0.3 is 10.2 Å². The van der Waals surface area contributed by atoms with Crippen LogP contribution in [0.4, 0.5) is 0 Å². The normalized spacial score (nSPS) is 16.6. The molecular formula is C15H21N3. The van der Waals surface area contributed by atoms with Gasteiger partial charge in [-0.2, -0.15) is 5.26 Å². The molecule has 1 fully saturated rings. The van der Waals surface area contributed by atoms with Crippen molar-refractivity contribution in [3.63, 3.8) is 0 Å². The second-order valence-electron chi connectivity index (χ2n) is 5.12. The molecule has 1 unspecified atom stereocenters. The summed E-state index contributed by atoms with van der Waals surface area (Å²) < 4.78 is 0. The standard InChI is InChI=1S/C15H21N3/c1-12(14-5-3-4-13(10-14)11-16)17-8-9-18(2)15-6-7-15/h3-5,10,12,15,17H,6-9H2,1-2H3. The smallest absolute Gasteiger partial charge is 0.0991 e. The molecule has 1 N–H and O–H groups in total. The molecule has 2 rings (SSSR count). The van der Waals surface area contributed by atoms with Gasteiger partial charge in [0, 0.05) is 25.2 Å². The highest BCUT2D eigenvalue weighted by Crippen LogP contribution is 2.24. The molecule has 1 aromatic rings. The van der Waals surface area contributed by atoms with E-state index in [0.717, 1.165) is 24.7 Å². The van der Waals surface area contributed by atoms with Crippen molar-refractivity contribution in [2.24, 2.45) is 0 Å². The first-order valence-electron chi connectivity index (χ1n) is 6.64. The van der Waals surface area contributed by atoms with Gasteiger partial charge in [-0.3, -0.25) is 0 Å². The van der Waals surface area contributed by atoms with E-state index in [1.165, 1.54) is 18.4 Å². The van der Waals surface area contributed by atoms with Gasteiger partial charge in [0.1, 0.15) is 0 Å². The molecule has 1 aromatic carbocycles. The minimum Gasteiger partial charge on any atom is -0.309 e. The summed E-state index contributed by atoms with van der Waals surface area (Å²) in [6.07, 6.45) is 2.71. The van der Waals surface area contributed by atoms with Crippen molar-refractivity contribution < 1.29 is 0 Å². The molecule has 3 heteroatoms. The van der Waals surface area contributed by atoms with Crippen molar-refractivity contribution in [3.05, 3.63) is 35.4 Å². The Kier molecular flexibility index (Phi) is 4.35. The molecule has 1 aliphatic carbocycles. The molecule has 1 atom stereocenters. The molecule has 0 aromatic heterocycles. The highest BCUT2D eigenvalue weighted by Gasteiger charge is 2.25. The number of rotatable bonds is 6. The van der Waals surface area contributed by atoms with Crippen LogP contribution in [-0.4, -0.2) is 31.1 Å². The SMILES string of the molecule is CC(NCCN(C)C1CC1)c1cccc(C#N)c1. The number of nitriles is 1. The van der Waals surface area contributed by atoms with Gasteiger partial charge in [0.15, 0.2) is 0 Å². The van der Waals surface area contributed by atoms with Gasteiger partial charge in [0.05, 0.1) is 11.6 Å². The first-order chi connectivity index (χ1) is 8.70. The highest BCUT2D eigenvalue weighted by atomic mass is 15.2. The van der Waals surface area contributed by atoms with Gasteiger partial charge >= 0.3 is 0 Å². The van der Waals surface area contributed by atoms with E-state index < -0.39 is 0 Å². The molecular weight excluding hydrogens is 222 g/mol. The Morgan fingerprint density at radius 2 is 2.28 bits per heavy atom. The lowest BCUT2D eigenvalue weighted by Crippen LogP contribution is -2.31. The average molecular weight is 243 g/mol. The van der Waals surface area contributed by atoms with Crippen LogP contribution in [0.1, 0.15) is 36.9 Å². The summed E-state index contributed by atoms with van der Waals surface area (Å²) in [7, 11) is 2.19. The second kappa shape index (κ2) is 5.99. The molecule has 18 heavy (non-hydrogen) atoms. The van der Waals surface area contributed by atoms with Crippen LogP contribution in [0.25, 0.3) is 0 Å². The third-order valence-electron chi connectivity index (χ3n) is 3.60. The van der Waals surface area contributed by atoms with E-state index in [0.29, 0.717) is 6.04 Å². The van der Waals surface area contributed by atoms with E-state index in [-0.39, 0.29) is 0 Å². The molecule has 0 amide bonds. The maximum Gasteiger partial charge on any atom is 0.0991 e. The lowest BCUT2D eigenvalue weighted by atomic mass is 10.1. The Balaban J connectivity index is 1.79. The number of nitrogens with zero attached hydrogens (tertiary/aromatic N) is 2. The molecule has 0 saturated heterocycles. The quantitative estimate of drug-likeness (QED) is 0.833. The monoisotopic (exact) mass is 243 g/mol. The minimum absolute atomic E-state index is 0.297. The van der Waals surface area contributed by atoms with Crippen molar-refractivity contribution in [1.29, 1.82) is 5.26 Å². The highest BCUT2D eigenvalue weighted by molar-refractivity contribution is 5.33. The van der Waals surface area contributed by atoms with Crippen molar-refractivity contribution in [2.45, 2.75) is 31.8 Å². The number of hydrogen-bond donors (Lipinski definition) is 1. The lowest BCUT2D eigenvalue weighted by molar-refractivity contribution is 0.316. The Hall–Kier alpha value is -1.37. The topological polar surface area (TPSA) is 39.1 Å². The Bertz CT molecular complexity index is 432. The van der Waals surface area contributed by atoms with E-state index in [1.807, 2.05) is 18.2 Å². The average Bonchev–Trinajstić information content (AvgIpc) is 3.23. The number of hydrogen-bond acceptors (Lipinski definition) is 3. The van der Waals surface area contributed by atoms with Gasteiger partial charge in [0.2, 0.25) is 0 Å². The maximum atomic E-state index is 8.88. The van der Waals surface area contributed by atoms with Crippen LogP contribution in [0.2, 0.25) is 0 Å². The zero-order chi connectivity index (χ0) is 13.0. The molecule has 96 valence electrons. The molecule has 1 aliphatic rings. The summed E-state index contributed by atoms with van der Waals surface area (Å²) >= 11 is 0. The largest absolute Gasteiger partial charge is 0.309 e. The Morgan fingerprint density at radius 1 is 1.50 bits per heavy atom. The number of likely N-dealkylation sites (N-methyl/N-ethyl adjacent to an activating group) is 1. The van der Waals surface area contributed by atoms with Gasteiger partial charge in [-0.1, -0.05) is 12.1 Å². The van der Waals surface area contributed by atoms with Gasteiger partial charge in [0.25, 0.3) is 0 Å². The molecule has 1 saturated carbocycles. The summed E-state index contributed by atoms with van der Waals surface area (Å²) in [5.74, 6) is 0. The fourth-order valence-electron chi connectivity index (χ4n) is 2.15. The predicted molar refractivity (Wildman–Crippen MR) is 73.2 cm³/mol. The third-order valence-corrected chi connectivity index (χ3v) is 3.60. The number of nitrogens with one attached hydrogen (secondary N) is 1. The second-order valence-corrected chi connectivity index (χ2v) is 5.12. The van der Waals surface area contributed by atoms with Crippen molar-refractivity contribution in [3.8, 4) is 6.07 Å². The van der Waals surface area contributed by atoms with Crippen molar-refractivity contribution >= 4 is 0 Å². The van der Waals surface area contributed by atoms with Crippen LogP contribution < -0.4 is 5.32 Å². The van der Waals surface area contributed by atoms with Crippen LogP contribution in [-0.2, 0) is 0 Å². The first-order valence-corrected chi connectivity index (χ1v) is 6.64. The summed E-state index contributed by atoms with van der Waals surface area (Å²) in [6, 6.07) is 11.1. The van der Waals surface area contributed by atoms with Crippen LogP contribution >= 0.6 is 0 Å². The van der Waals surface area contributed by atoms with Crippen LogP contribution in [0.3, 0.4) is 0 Å². The molecule has 0 aliphatic heterocycles. The first kappa shape index (κ1) is 13.1. The Morgan fingerprint density at radius 3 is 2.94 bits per heavy atom. The summed E-state index contributed by atoms with van der Waals surface area (Å²) in [4.78, 5) is 2.42. The molecule has 0 heterocycles. The van der Waals surface area contributed by atoms with E-state index >= 15 is 0 Å². The van der Waals surface area contributed by atoms with E-state index in [1.54, 1.807) is 0 Å². The summed E-state index contributed by atoms with van der Waals surface area (Å²) in [6.45, 7) is 4.23. The van der Waals surface area contributed by atoms with Crippen LogP contribution in [0, 0.1) is 11.3 Å². The minimum atomic E-state index is 0.297. The van der Waals surface area contributed by atoms with Crippen LogP contribution in [0.15, 0.2) is 24.3 Å². The molecule has 3 nitrogen and oxygen atoms in total. The predicted octanol–water partition coefficient (Wildman–Crippen LogP) is 2.30. The zero-order valence-electron chi connectivity index (χ0n) is 11.2. The van der Waals surface area contributed by atoms with Gasteiger partial charge in [-0.15, -0.1) is 0 Å². The van der Waals surface area contributed by atoms with Crippen molar-refractivity contribution in [1.82, 2.24) is 10.2 Å². The van der Waals surface area contributed by atoms with Crippen molar-refractivity contribution in [2.75, 3.05) is 20.1 Å². The number of benzene rings is 1. The van der Waals surface area contributed by atoms with Gasteiger partial charge in [-0.05, 0) is 44.5 Å². The zero-order valence-corrected chi connectivity index (χ0v) is 11.2. The fraction of sp³-hybridized carbons (Fsp3) is 0.533. The Labute approximate surface area is 109 Å². The maximum absolute atomic E-state index is 8.88. The molecule has 0 spiro atoms. The lowest BCUT2D eigenvalue weighted by Gasteiger charge is -2.19.